The van der Waals surface area contributed by atoms with Crippen LogP contribution in [0.3, 0.4) is 0 Å². The Hall–Kier alpha value is -1.92. The Labute approximate surface area is 417 Å². The molecule has 0 rings (SSSR count). The van der Waals surface area contributed by atoms with E-state index in [1.807, 2.05) is 0 Å². The fourth-order valence-corrected chi connectivity index (χ4v) is 9.10. The van der Waals surface area contributed by atoms with Gasteiger partial charge in [-0.05, 0) is 83.5 Å². The third kappa shape index (κ3) is 53.3. The molecule has 0 aliphatic rings. The van der Waals surface area contributed by atoms with Crippen molar-refractivity contribution in [1.82, 2.24) is 5.32 Å². The molecule has 6 nitrogen and oxygen atoms in total. The summed E-state index contributed by atoms with van der Waals surface area (Å²) < 4.78 is 5.45. The minimum atomic E-state index is -0.672. The number of aliphatic hydroxyl groups is 2. The van der Waals surface area contributed by atoms with E-state index in [0.29, 0.717) is 25.9 Å². The maximum absolute atomic E-state index is 12.5. The molecule has 0 radical (unpaired) electrons. The van der Waals surface area contributed by atoms with E-state index in [1.165, 1.54) is 212 Å². The van der Waals surface area contributed by atoms with E-state index < -0.39 is 12.1 Å². The number of carbonyl (C=O) groups excluding carboxylic acids is 2. The zero-order valence-electron chi connectivity index (χ0n) is 44.9. The van der Waals surface area contributed by atoms with Crippen LogP contribution in [0, 0.1) is 0 Å². The molecule has 2 unspecified atom stereocenters. The first kappa shape index (κ1) is 65.1. The van der Waals surface area contributed by atoms with Gasteiger partial charge in [0.1, 0.15) is 0 Å². The van der Waals surface area contributed by atoms with Crippen LogP contribution in [0.1, 0.15) is 316 Å². The lowest BCUT2D eigenvalue weighted by Crippen LogP contribution is -2.45. The third-order valence-electron chi connectivity index (χ3n) is 13.7. The van der Waals surface area contributed by atoms with Gasteiger partial charge in [0.2, 0.25) is 5.91 Å². The standard InChI is InChI=1S/C61H115NO5/c1-3-5-7-9-11-13-15-17-19-23-26-29-33-37-41-45-49-53-59(64)58(57-63)62-60(65)54-50-46-42-38-34-30-27-24-21-20-22-25-28-32-36-40-44-48-52-56-67-61(66)55-51-47-43-39-35-31-18-16-14-12-10-8-6-4-2/h16,18,25,28,32,36,58-59,63-64H,3-15,17,19-24,26-27,29-31,33-35,37-57H2,1-2H3,(H,62,65)/b18-16-,28-25-,36-32-. The van der Waals surface area contributed by atoms with Crippen LogP contribution in [0.2, 0.25) is 0 Å². The monoisotopic (exact) mass is 942 g/mol. The minimum absolute atomic E-state index is 0.0218. The first-order valence-electron chi connectivity index (χ1n) is 29.8. The number of amides is 1. The Balaban J connectivity index is 3.48. The predicted octanol–water partition coefficient (Wildman–Crippen LogP) is 18.4. The number of carbonyl (C=O) groups is 2. The molecule has 0 spiro atoms. The highest BCUT2D eigenvalue weighted by Crippen LogP contribution is 2.17. The molecule has 6 heteroatoms. The molecule has 0 aliphatic carbocycles. The van der Waals surface area contributed by atoms with Crippen molar-refractivity contribution in [3.05, 3.63) is 36.5 Å². The van der Waals surface area contributed by atoms with Crippen molar-refractivity contribution in [3.8, 4) is 0 Å². The molecule has 67 heavy (non-hydrogen) atoms. The van der Waals surface area contributed by atoms with E-state index in [-0.39, 0.29) is 18.5 Å². The molecule has 0 aromatic carbocycles. The molecule has 394 valence electrons. The van der Waals surface area contributed by atoms with Crippen LogP contribution in [-0.2, 0) is 14.3 Å². The molecule has 0 heterocycles. The zero-order valence-corrected chi connectivity index (χ0v) is 44.9. The number of unbranched alkanes of at least 4 members (excludes halogenated alkanes) is 39. The largest absolute Gasteiger partial charge is 0.466 e. The average molecular weight is 943 g/mol. The first-order chi connectivity index (χ1) is 33.0. The fourth-order valence-electron chi connectivity index (χ4n) is 9.10. The minimum Gasteiger partial charge on any atom is -0.466 e. The molecule has 0 aromatic heterocycles. The van der Waals surface area contributed by atoms with Crippen LogP contribution < -0.4 is 5.32 Å². The summed E-state index contributed by atoms with van der Waals surface area (Å²) in [7, 11) is 0. The van der Waals surface area contributed by atoms with Crippen molar-refractivity contribution in [2.24, 2.45) is 0 Å². The molecule has 0 fully saturated rings. The summed E-state index contributed by atoms with van der Waals surface area (Å²) in [4.78, 5) is 24.5. The Bertz CT molecular complexity index is 1090. The summed E-state index contributed by atoms with van der Waals surface area (Å²) in [5, 5.41) is 23.3. The van der Waals surface area contributed by atoms with E-state index >= 15 is 0 Å². The number of hydrogen-bond donors (Lipinski definition) is 3. The number of esters is 1. The summed E-state index contributed by atoms with van der Waals surface area (Å²) in [6.45, 7) is 4.91. The summed E-state index contributed by atoms with van der Waals surface area (Å²) in [5.74, 6) is -0.0653. The van der Waals surface area contributed by atoms with E-state index in [0.717, 1.165) is 70.6 Å². The van der Waals surface area contributed by atoms with Gasteiger partial charge in [0, 0.05) is 12.8 Å². The van der Waals surface area contributed by atoms with Crippen molar-refractivity contribution in [1.29, 1.82) is 0 Å². The molecule has 0 aliphatic heterocycles. The molecule has 0 aromatic rings. The van der Waals surface area contributed by atoms with Gasteiger partial charge in [0.25, 0.3) is 0 Å². The Morgan fingerprint density at radius 2 is 0.746 bits per heavy atom. The smallest absolute Gasteiger partial charge is 0.305 e. The molecular formula is C61H115NO5. The maximum atomic E-state index is 12.5. The highest BCUT2D eigenvalue weighted by molar-refractivity contribution is 5.76. The fraction of sp³-hybridized carbons (Fsp3) is 0.869. The third-order valence-corrected chi connectivity index (χ3v) is 13.7. The zero-order chi connectivity index (χ0) is 48.6. The van der Waals surface area contributed by atoms with Crippen LogP contribution in [-0.4, -0.2) is 47.4 Å². The highest BCUT2D eigenvalue weighted by atomic mass is 16.5. The van der Waals surface area contributed by atoms with Gasteiger partial charge >= 0.3 is 5.97 Å². The summed E-state index contributed by atoms with van der Waals surface area (Å²) >= 11 is 0. The van der Waals surface area contributed by atoms with Crippen LogP contribution in [0.25, 0.3) is 0 Å². The van der Waals surface area contributed by atoms with Gasteiger partial charge in [-0.25, -0.2) is 0 Å². The average Bonchev–Trinajstić information content (AvgIpc) is 3.33. The number of hydrogen-bond acceptors (Lipinski definition) is 5. The molecule has 0 saturated carbocycles. The van der Waals surface area contributed by atoms with Gasteiger partial charge in [0.05, 0.1) is 25.4 Å². The molecule has 2 atom stereocenters. The lowest BCUT2D eigenvalue weighted by Gasteiger charge is -2.22. The molecular weight excluding hydrogens is 827 g/mol. The summed E-state index contributed by atoms with van der Waals surface area (Å²) in [5.41, 5.74) is 0. The maximum Gasteiger partial charge on any atom is 0.305 e. The van der Waals surface area contributed by atoms with Gasteiger partial charge in [-0.3, -0.25) is 9.59 Å². The lowest BCUT2D eigenvalue weighted by molar-refractivity contribution is -0.143. The van der Waals surface area contributed by atoms with Gasteiger partial charge in [0.15, 0.2) is 0 Å². The quantitative estimate of drug-likeness (QED) is 0.0244. The second-order valence-electron chi connectivity index (χ2n) is 20.4. The summed E-state index contributed by atoms with van der Waals surface area (Å²) in [6.07, 6.45) is 69.9. The number of ether oxygens (including phenoxy) is 1. The Kier molecular flexibility index (Phi) is 55.0. The highest BCUT2D eigenvalue weighted by Gasteiger charge is 2.20. The number of allylic oxidation sites excluding steroid dienone is 6. The van der Waals surface area contributed by atoms with Gasteiger partial charge < -0.3 is 20.3 Å². The van der Waals surface area contributed by atoms with Gasteiger partial charge in [-0.15, -0.1) is 0 Å². The second-order valence-corrected chi connectivity index (χ2v) is 20.4. The lowest BCUT2D eigenvalue weighted by atomic mass is 10.0. The first-order valence-corrected chi connectivity index (χ1v) is 29.8. The number of nitrogens with one attached hydrogen (secondary N) is 1. The molecule has 1 amide bonds. The van der Waals surface area contributed by atoms with E-state index in [9.17, 15) is 19.8 Å². The topological polar surface area (TPSA) is 95.9 Å². The van der Waals surface area contributed by atoms with E-state index in [4.69, 9.17) is 4.74 Å². The predicted molar refractivity (Wildman–Crippen MR) is 292 cm³/mol. The second kappa shape index (κ2) is 56.7. The van der Waals surface area contributed by atoms with Gasteiger partial charge in [-0.2, -0.15) is 0 Å². The van der Waals surface area contributed by atoms with Crippen molar-refractivity contribution in [2.75, 3.05) is 13.2 Å². The Morgan fingerprint density at radius 3 is 1.15 bits per heavy atom. The van der Waals surface area contributed by atoms with Crippen LogP contribution in [0.4, 0.5) is 0 Å². The van der Waals surface area contributed by atoms with Crippen molar-refractivity contribution in [3.63, 3.8) is 0 Å². The van der Waals surface area contributed by atoms with Crippen LogP contribution >= 0.6 is 0 Å². The molecule has 0 saturated heterocycles. The van der Waals surface area contributed by atoms with Crippen molar-refractivity contribution in [2.45, 2.75) is 328 Å². The summed E-state index contributed by atoms with van der Waals surface area (Å²) in [6, 6.07) is -0.550. The van der Waals surface area contributed by atoms with Crippen molar-refractivity contribution >= 4 is 11.9 Å². The van der Waals surface area contributed by atoms with E-state index in [1.54, 1.807) is 0 Å². The SMILES string of the molecule is CCCCCCC/C=C\CCCCCCCC(=O)OCCCCC/C=C\C=C/CCCCCCCCCCCCC(=O)NC(CO)C(O)CCCCCCCCCCCCCCCCCCC. The Morgan fingerprint density at radius 1 is 0.418 bits per heavy atom. The van der Waals surface area contributed by atoms with Crippen LogP contribution in [0.5, 0.6) is 0 Å². The van der Waals surface area contributed by atoms with Gasteiger partial charge in [-0.1, -0.05) is 256 Å². The van der Waals surface area contributed by atoms with E-state index in [2.05, 4.69) is 55.6 Å². The number of aliphatic hydroxyl groups excluding tert-OH is 2. The van der Waals surface area contributed by atoms with Crippen molar-refractivity contribution < 1.29 is 24.5 Å². The number of rotatable bonds is 55. The molecule has 3 N–H and O–H groups in total. The molecule has 0 bridgehead atoms. The van der Waals surface area contributed by atoms with Crippen LogP contribution in [0.15, 0.2) is 36.5 Å². The normalized spacial score (nSPS) is 12.8.